The summed E-state index contributed by atoms with van der Waals surface area (Å²) in [5, 5.41) is 1.32. The van der Waals surface area contributed by atoms with Crippen LogP contribution in [0.25, 0.3) is 0 Å². The van der Waals surface area contributed by atoms with Crippen molar-refractivity contribution in [2.45, 2.75) is 6.18 Å². The van der Waals surface area contributed by atoms with Gasteiger partial charge in [0.1, 0.15) is 0 Å². The van der Waals surface area contributed by atoms with Crippen LogP contribution in [0.4, 0.5) is 33.3 Å². The average Bonchev–Trinajstić information content (AvgIpc) is 2.12. The lowest BCUT2D eigenvalue weighted by Crippen LogP contribution is -2.30. The lowest BCUT2D eigenvalue weighted by atomic mass is 10.2. The van der Waals surface area contributed by atoms with E-state index >= 15 is 0 Å². The highest BCUT2D eigenvalue weighted by molar-refractivity contribution is 5.97. The highest BCUT2D eigenvalue weighted by Gasteiger charge is 2.39. The van der Waals surface area contributed by atoms with Crippen LogP contribution in [0.3, 0.4) is 0 Å². The van der Waals surface area contributed by atoms with E-state index < -0.39 is 35.1 Å². The fourth-order valence-electron chi connectivity index (χ4n) is 0.864. The first-order chi connectivity index (χ1) is 7.21. The molecule has 88 valence electrons. The molecule has 0 atom stereocenters. The van der Waals surface area contributed by atoms with E-state index in [-0.39, 0.29) is 0 Å². The molecular weight excluding hydrogens is 235 g/mol. The van der Waals surface area contributed by atoms with Crippen molar-refractivity contribution < 1.29 is 26.7 Å². The van der Waals surface area contributed by atoms with Gasteiger partial charge in [0.15, 0.2) is 11.6 Å². The largest absolute Gasteiger partial charge is 0.471 e. The molecule has 1 rings (SSSR count). The third-order valence-corrected chi connectivity index (χ3v) is 1.60. The second-order valence-electron chi connectivity index (χ2n) is 2.81. The summed E-state index contributed by atoms with van der Waals surface area (Å²) in [7, 11) is 0. The number of nitrogens with two attached hydrogens (primary N) is 1. The number of anilines is 2. The number of alkyl halides is 3. The number of nitrogens with one attached hydrogen (secondary N) is 1. The maximum atomic E-state index is 12.6. The molecular formula is C8H5F5N2O. The minimum Gasteiger partial charge on any atom is -0.397 e. The summed E-state index contributed by atoms with van der Waals surface area (Å²) in [6, 6.07) is 0.843. The van der Waals surface area contributed by atoms with E-state index in [1.54, 1.807) is 0 Å². The Morgan fingerprint density at radius 3 is 2.19 bits per heavy atom. The van der Waals surface area contributed by atoms with Crippen molar-refractivity contribution in [3.8, 4) is 0 Å². The first-order valence-corrected chi connectivity index (χ1v) is 3.84. The number of halogens is 5. The van der Waals surface area contributed by atoms with Crippen molar-refractivity contribution in [2.24, 2.45) is 0 Å². The van der Waals surface area contributed by atoms with Gasteiger partial charge in [-0.25, -0.2) is 8.78 Å². The smallest absolute Gasteiger partial charge is 0.397 e. The molecule has 3 nitrogen and oxygen atoms in total. The Bertz CT molecular complexity index is 429. The number of benzene rings is 1. The number of hydrogen-bond donors (Lipinski definition) is 2. The molecule has 0 saturated carbocycles. The number of carbonyl (C=O) groups is 1. The number of hydrogen-bond acceptors (Lipinski definition) is 2. The first kappa shape index (κ1) is 12.2. The molecule has 0 aromatic heterocycles. The molecule has 0 aliphatic rings. The molecule has 0 bridgehead atoms. The Kier molecular flexibility index (Phi) is 3.02. The van der Waals surface area contributed by atoms with Gasteiger partial charge >= 0.3 is 12.1 Å². The van der Waals surface area contributed by atoms with Gasteiger partial charge in [0, 0.05) is 12.1 Å². The average molecular weight is 240 g/mol. The molecule has 0 heterocycles. The molecule has 8 heteroatoms. The quantitative estimate of drug-likeness (QED) is 0.583. The maximum Gasteiger partial charge on any atom is 0.471 e. The van der Waals surface area contributed by atoms with Gasteiger partial charge in [-0.15, -0.1) is 0 Å². The van der Waals surface area contributed by atoms with E-state index in [0.29, 0.717) is 12.1 Å². The van der Waals surface area contributed by atoms with Crippen LogP contribution in [-0.4, -0.2) is 12.1 Å². The molecule has 1 amide bonds. The topological polar surface area (TPSA) is 55.1 Å². The predicted octanol–water partition coefficient (Wildman–Crippen LogP) is 2.05. The van der Waals surface area contributed by atoms with Gasteiger partial charge in [0.05, 0.1) is 11.4 Å². The van der Waals surface area contributed by atoms with Gasteiger partial charge in [-0.1, -0.05) is 0 Å². The van der Waals surface area contributed by atoms with Crippen LogP contribution in [-0.2, 0) is 4.79 Å². The second-order valence-corrected chi connectivity index (χ2v) is 2.81. The fourth-order valence-corrected chi connectivity index (χ4v) is 0.864. The molecule has 0 aliphatic carbocycles. The standard InChI is InChI=1S/C8H5F5N2O/c9-3-1-5(14)6(2-4(3)10)15-7(16)8(11,12)13/h1-2H,14H2,(H,15,16). The van der Waals surface area contributed by atoms with Crippen LogP contribution >= 0.6 is 0 Å². The van der Waals surface area contributed by atoms with Crippen LogP contribution < -0.4 is 11.1 Å². The zero-order valence-electron chi connectivity index (χ0n) is 7.53. The molecule has 0 saturated heterocycles. The number of carbonyl (C=O) groups excluding carboxylic acids is 1. The lowest BCUT2D eigenvalue weighted by molar-refractivity contribution is -0.167. The molecule has 3 N–H and O–H groups in total. The minimum atomic E-state index is -5.13. The van der Waals surface area contributed by atoms with E-state index in [4.69, 9.17) is 5.73 Å². The third-order valence-electron chi connectivity index (χ3n) is 1.60. The molecule has 0 aliphatic heterocycles. The van der Waals surface area contributed by atoms with Crippen LogP contribution in [0.15, 0.2) is 12.1 Å². The van der Waals surface area contributed by atoms with Crippen molar-refractivity contribution in [3.05, 3.63) is 23.8 Å². The fraction of sp³-hybridized carbons (Fsp3) is 0.125. The van der Waals surface area contributed by atoms with Crippen LogP contribution in [0, 0.1) is 11.6 Å². The number of nitrogen functional groups attached to an aromatic ring is 1. The molecule has 0 fully saturated rings. The summed E-state index contributed by atoms with van der Waals surface area (Å²) < 4.78 is 60.7. The minimum absolute atomic E-state index is 0.369. The van der Waals surface area contributed by atoms with Crippen LogP contribution in [0.1, 0.15) is 0 Å². The summed E-state index contributed by atoms with van der Waals surface area (Å²) in [6.07, 6.45) is -5.13. The second kappa shape index (κ2) is 3.95. The normalized spacial score (nSPS) is 11.3. The van der Waals surface area contributed by atoms with E-state index in [1.165, 1.54) is 5.32 Å². The Morgan fingerprint density at radius 2 is 1.69 bits per heavy atom. The summed E-state index contributed by atoms with van der Waals surface area (Å²) in [6.45, 7) is 0. The zero-order chi connectivity index (χ0) is 12.5. The van der Waals surface area contributed by atoms with E-state index in [2.05, 4.69) is 0 Å². The summed E-state index contributed by atoms with van der Waals surface area (Å²) >= 11 is 0. The summed E-state index contributed by atoms with van der Waals surface area (Å²) in [4.78, 5) is 10.5. The Balaban J connectivity index is 2.99. The maximum absolute atomic E-state index is 12.6. The highest BCUT2D eigenvalue weighted by atomic mass is 19.4. The van der Waals surface area contributed by atoms with Gasteiger partial charge < -0.3 is 11.1 Å². The third kappa shape index (κ3) is 2.59. The van der Waals surface area contributed by atoms with Gasteiger partial charge in [-0.05, 0) is 0 Å². The molecule has 16 heavy (non-hydrogen) atoms. The van der Waals surface area contributed by atoms with Crippen LogP contribution in [0.2, 0.25) is 0 Å². The van der Waals surface area contributed by atoms with E-state index in [9.17, 15) is 26.7 Å². The highest BCUT2D eigenvalue weighted by Crippen LogP contribution is 2.24. The Hall–Kier alpha value is -1.86. The van der Waals surface area contributed by atoms with Crippen molar-refractivity contribution >= 4 is 17.3 Å². The Morgan fingerprint density at radius 1 is 1.19 bits per heavy atom. The summed E-state index contributed by atoms with van der Waals surface area (Å²) in [5.41, 5.74) is 3.95. The van der Waals surface area contributed by atoms with Crippen molar-refractivity contribution in [3.63, 3.8) is 0 Å². The predicted molar refractivity (Wildman–Crippen MR) is 45.5 cm³/mol. The van der Waals surface area contributed by atoms with Crippen molar-refractivity contribution in [2.75, 3.05) is 11.1 Å². The van der Waals surface area contributed by atoms with Gasteiger partial charge in [-0.3, -0.25) is 4.79 Å². The molecule has 0 spiro atoms. The van der Waals surface area contributed by atoms with Gasteiger partial charge in [-0.2, -0.15) is 13.2 Å². The molecule has 1 aromatic rings. The van der Waals surface area contributed by atoms with Gasteiger partial charge in [0.2, 0.25) is 0 Å². The lowest BCUT2D eigenvalue weighted by Gasteiger charge is -2.10. The molecule has 0 radical (unpaired) electrons. The van der Waals surface area contributed by atoms with Crippen LogP contribution in [0.5, 0.6) is 0 Å². The molecule has 1 aromatic carbocycles. The first-order valence-electron chi connectivity index (χ1n) is 3.84. The van der Waals surface area contributed by atoms with Crippen molar-refractivity contribution in [1.29, 1.82) is 0 Å². The van der Waals surface area contributed by atoms with E-state index in [1.807, 2.05) is 0 Å². The van der Waals surface area contributed by atoms with Crippen molar-refractivity contribution in [1.82, 2.24) is 0 Å². The van der Waals surface area contributed by atoms with Gasteiger partial charge in [0.25, 0.3) is 0 Å². The number of amides is 1. The SMILES string of the molecule is Nc1cc(F)c(F)cc1NC(=O)C(F)(F)F. The van der Waals surface area contributed by atoms with E-state index in [0.717, 1.165) is 0 Å². The monoisotopic (exact) mass is 240 g/mol. The summed E-state index contributed by atoms with van der Waals surface area (Å²) in [5.74, 6) is -5.04. The molecule has 0 unspecified atom stereocenters. The Labute approximate surface area is 86.0 Å². The number of rotatable bonds is 1. The zero-order valence-corrected chi connectivity index (χ0v) is 7.53.